The van der Waals surface area contributed by atoms with E-state index >= 15 is 0 Å². The molecule has 0 heterocycles. The number of carboxylic acid groups (broad SMARTS) is 1. The third-order valence-electron chi connectivity index (χ3n) is 3.19. The van der Waals surface area contributed by atoms with Gasteiger partial charge in [-0.2, -0.15) is 0 Å². The summed E-state index contributed by atoms with van der Waals surface area (Å²) in [6, 6.07) is 5.54. The third kappa shape index (κ3) is 3.04. The molecule has 1 aromatic carbocycles. The second-order valence-electron chi connectivity index (χ2n) is 4.53. The molecular formula is C14H14BrNO3. The summed E-state index contributed by atoms with van der Waals surface area (Å²) < 4.78 is 0.939. The van der Waals surface area contributed by atoms with Gasteiger partial charge in [0.05, 0.1) is 0 Å². The highest BCUT2D eigenvalue weighted by Crippen LogP contribution is 2.28. The number of carboxylic acids is 1. The van der Waals surface area contributed by atoms with Crippen molar-refractivity contribution in [3.8, 4) is 0 Å². The van der Waals surface area contributed by atoms with E-state index in [9.17, 15) is 9.59 Å². The molecule has 1 amide bonds. The lowest BCUT2D eigenvalue weighted by molar-refractivity contribution is -0.133. The lowest BCUT2D eigenvalue weighted by Gasteiger charge is -2.10. The van der Waals surface area contributed by atoms with Crippen LogP contribution in [0.25, 0.3) is 0 Å². The minimum absolute atomic E-state index is 0.243. The summed E-state index contributed by atoms with van der Waals surface area (Å²) in [6.45, 7) is 1.89. The Hall–Kier alpha value is -1.62. The van der Waals surface area contributed by atoms with E-state index in [1.165, 1.54) is 0 Å². The summed E-state index contributed by atoms with van der Waals surface area (Å²) in [5.41, 5.74) is 2.28. The fraction of sp³-hybridized carbons (Fsp3) is 0.286. The molecule has 0 saturated carbocycles. The van der Waals surface area contributed by atoms with Gasteiger partial charge in [-0.15, -0.1) is 0 Å². The zero-order chi connectivity index (χ0) is 14.0. The molecule has 0 aromatic heterocycles. The van der Waals surface area contributed by atoms with Crippen molar-refractivity contribution < 1.29 is 14.7 Å². The highest BCUT2D eigenvalue weighted by molar-refractivity contribution is 9.10. The van der Waals surface area contributed by atoms with Gasteiger partial charge in [0.1, 0.15) is 0 Å². The van der Waals surface area contributed by atoms with E-state index < -0.39 is 5.97 Å². The molecule has 0 aliphatic heterocycles. The van der Waals surface area contributed by atoms with E-state index in [2.05, 4.69) is 21.2 Å². The van der Waals surface area contributed by atoms with E-state index in [0.29, 0.717) is 24.1 Å². The van der Waals surface area contributed by atoms with Gasteiger partial charge >= 0.3 is 5.97 Å². The van der Waals surface area contributed by atoms with Crippen LogP contribution in [-0.2, 0) is 9.59 Å². The summed E-state index contributed by atoms with van der Waals surface area (Å²) in [5.74, 6) is -1.30. The molecule has 5 heteroatoms. The molecule has 0 atom stereocenters. The molecule has 0 unspecified atom stereocenters. The van der Waals surface area contributed by atoms with Gasteiger partial charge in [-0.1, -0.05) is 15.9 Å². The van der Waals surface area contributed by atoms with Gasteiger partial charge < -0.3 is 10.4 Å². The lowest BCUT2D eigenvalue weighted by Crippen LogP contribution is -2.17. The highest BCUT2D eigenvalue weighted by atomic mass is 79.9. The molecule has 1 aromatic rings. The first-order valence-electron chi connectivity index (χ1n) is 6.02. The second kappa shape index (κ2) is 5.57. The average Bonchev–Trinajstić information content (AvgIpc) is 2.82. The van der Waals surface area contributed by atoms with Crippen LogP contribution in [-0.4, -0.2) is 17.0 Å². The van der Waals surface area contributed by atoms with Gasteiger partial charge in [0.2, 0.25) is 0 Å². The van der Waals surface area contributed by atoms with Gasteiger partial charge in [-0.25, -0.2) is 4.79 Å². The van der Waals surface area contributed by atoms with Gasteiger partial charge in [0.25, 0.3) is 5.91 Å². The van der Waals surface area contributed by atoms with Gasteiger partial charge in [0, 0.05) is 21.3 Å². The molecule has 0 bridgehead atoms. The fourth-order valence-corrected chi connectivity index (χ4v) is 2.67. The molecule has 1 aliphatic rings. The van der Waals surface area contributed by atoms with Crippen LogP contribution in [0, 0.1) is 6.92 Å². The molecule has 2 rings (SSSR count). The van der Waals surface area contributed by atoms with E-state index in [1.807, 2.05) is 19.1 Å². The highest BCUT2D eigenvalue weighted by Gasteiger charge is 2.25. The smallest absolute Gasteiger partial charge is 0.332 e. The largest absolute Gasteiger partial charge is 0.478 e. The fourth-order valence-electron chi connectivity index (χ4n) is 2.20. The predicted octanol–water partition coefficient (Wildman–Crippen LogP) is 3.26. The van der Waals surface area contributed by atoms with Crippen LogP contribution in [0.4, 0.5) is 5.69 Å². The Kier molecular flexibility index (Phi) is 4.04. The number of halogens is 1. The number of nitrogens with one attached hydrogen (secondary N) is 1. The number of carbonyl (C=O) groups is 2. The predicted molar refractivity (Wildman–Crippen MR) is 76.0 cm³/mol. The maximum atomic E-state index is 12.1. The third-order valence-corrected chi connectivity index (χ3v) is 3.68. The van der Waals surface area contributed by atoms with E-state index in [-0.39, 0.29) is 11.5 Å². The van der Waals surface area contributed by atoms with Crippen LogP contribution in [0.3, 0.4) is 0 Å². The summed E-state index contributed by atoms with van der Waals surface area (Å²) in [6.07, 6.45) is 1.73. The maximum Gasteiger partial charge on any atom is 0.332 e. The van der Waals surface area contributed by atoms with Gasteiger partial charge in [0.15, 0.2) is 0 Å². The normalized spacial score (nSPS) is 14.6. The Balaban J connectivity index is 2.22. The van der Waals surface area contributed by atoms with Gasteiger partial charge in [-0.3, -0.25) is 4.79 Å². The Morgan fingerprint density at radius 2 is 1.95 bits per heavy atom. The number of aliphatic carboxylic acids is 1. The van der Waals surface area contributed by atoms with Crippen LogP contribution in [0.2, 0.25) is 0 Å². The number of hydrogen-bond acceptors (Lipinski definition) is 2. The molecule has 100 valence electrons. The lowest BCUT2D eigenvalue weighted by atomic mass is 10.1. The van der Waals surface area contributed by atoms with Crippen LogP contribution in [0.5, 0.6) is 0 Å². The molecule has 0 radical (unpaired) electrons. The molecule has 19 heavy (non-hydrogen) atoms. The molecule has 0 spiro atoms. The van der Waals surface area contributed by atoms with Crippen LogP contribution in [0.15, 0.2) is 33.8 Å². The maximum absolute atomic E-state index is 12.1. The first kappa shape index (κ1) is 13.8. The second-order valence-corrected chi connectivity index (χ2v) is 5.44. The zero-order valence-corrected chi connectivity index (χ0v) is 12.1. The Morgan fingerprint density at radius 3 is 2.58 bits per heavy atom. The van der Waals surface area contributed by atoms with Crippen molar-refractivity contribution >= 4 is 33.5 Å². The van der Waals surface area contributed by atoms with Crippen molar-refractivity contribution in [1.82, 2.24) is 0 Å². The van der Waals surface area contributed by atoms with E-state index in [1.54, 1.807) is 6.07 Å². The number of anilines is 1. The van der Waals surface area contributed by atoms with Crippen molar-refractivity contribution in [2.24, 2.45) is 0 Å². The van der Waals surface area contributed by atoms with Crippen molar-refractivity contribution in [2.75, 3.05) is 5.32 Å². The van der Waals surface area contributed by atoms with E-state index in [0.717, 1.165) is 16.5 Å². The van der Waals surface area contributed by atoms with E-state index in [4.69, 9.17) is 5.11 Å². The molecular weight excluding hydrogens is 310 g/mol. The minimum Gasteiger partial charge on any atom is -0.478 e. The monoisotopic (exact) mass is 323 g/mol. The van der Waals surface area contributed by atoms with Crippen LogP contribution in [0.1, 0.15) is 24.8 Å². The molecule has 2 N–H and O–H groups in total. The number of hydrogen-bond donors (Lipinski definition) is 2. The Labute approximate surface area is 119 Å². The van der Waals surface area contributed by atoms with Crippen molar-refractivity contribution in [3.63, 3.8) is 0 Å². The topological polar surface area (TPSA) is 66.4 Å². The summed E-state index contributed by atoms with van der Waals surface area (Å²) >= 11 is 3.36. The van der Waals surface area contributed by atoms with Crippen molar-refractivity contribution in [1.29, 1.82) is 0 Å². The number of aryl methyl sites for hydroxylation is 1. The number of amides is 1. The zero-order valence-electron chi connectivity index (χ0n) is 10.5. The number of rotatable bonds is 3. The minimum atomic E-state index is -0.991. The van der Waals surface area contributed by atoms with Gasteiger partial charge in [-0.05, 0) is 49.9 Å². The SMILES string of the molecule is Cc1cc(Br)ccc1NC(=O)C1=C(C(=O)O)CCC1. The summed E-state index contributed by atoms with van der Waals surface area (Å²) in [7, 11) is 0. The number of benzene rings is 1. The number of carbonyl (C=O) groups excluding carboxylic acids is 1. The molecule has 0 saturated heterocycles. The summed E-state index contributed by atoms with van der Waals surface area (Å²) in [5, 5.41) is 11.8. The first-order valence-corrected chi connectivity index (χ1v) is 6.81. The Morgan fingerprint density at radius 1 is 1.26 bits per heavy atom. The molecule has 4 nitrogen and oxygen atoms in total. The van der Waals surface area contributed by atoms with Crippen molar-refractivity contribution in [2.45, 2.75) is 26.2 Å². The molecule has 1 aliphatic carbocycles. The van der Waals surface area contributed by atoms with Crippen LogP contribution < -0.4 is 5.32 Å². The standard InChI is InChI=1S/C14H14BrNO3/c1-8-7-9(15)5-6-12(8)16-13(17)10-3-2-4-11(10)14(18)19/h5-7H,2-4H2,1H3,(H,16,17)(H,18,19). The summed E-state index contributed by atoms with van der Waals surface area (Å²) in [4.78, 5) is 23.2. The average molecular weight is 324 g/mol. The quantitative estimate of drug-likeness (QED) is 0.897. The van der Waals surface area contributed by atoms with Crippen molar-refractivity contribution in [3.05, 3.63) is 39.4 Å². The molecule has 0 fully saturated rings. The Bertz CT molecular complexity index is 578. The first-order chi connectivity index (χ1) is 8.99. The van der Waals surface area contributed by atoms with Crippen LogP contribution >= 0.6 is 15.9 Å².